The highest BCUT2D eigenvalue weighted by molar-refractivity contribution is 5.89. The number of hydrogen-bond acceptors (Lipinski definition) is 2. The van der Waals surface area contributed by atoms with E-state index in [1.165, 1.54) is 12.8 Å². The van der Waals surface area contributed by atoms with Gasteiger partial charge in [-0.1, -0.05) is 58.7 Å². The van der Waals surface area contributed by atoms with Crippen LogP contribution in [0.25, 0.3) is 0 Å². The molecule has 0 aliphatic heterocycles. The van der Waals surface area contributed by atoms with E-state index in [1.54, 1.807) is 0 Å². The SMILES string of the molecule is CCC(CC)CC(CC)C(CC)OC(=O)c1ccccc1. The van der Waals surface area contributed by atoms with E-state index >= 15 is 0 Å². The number of carbonyl (C=O) groups excluding carboxylic acids is 1. The first kappa shape index (κ1) is 17.7. The Hall–Kier alpha value is -1.31. The zero-order chi connectivity index (χ0) is 15.7. The summed E-state index contributed by atoms with van der Waals surface area (Å²) in [6, 6.07) is 9.29. The van der Waals surface area contributed by atoms with Gasteiger partial charge in [-0.05, 0) is 43.2 Å². The van der Waals surface area contributed by atoms with Crippen LogP contribution in [0.3, 0.4) is 0 Å². The molecule has 1 rings (SSSR count). The molecule has 2 atom stereocenters. The van der Waals surface area contributed by atoms with E-state index in [-0.39, 0.29) is 12.1 Å². The van der Waals surface area contributed by atoms with Crippen LogP contribution in [0.4, 0.5) is 0 Å². The fraction of sp³-hybridized carbons (Fsp3) is 0.632. The third-order valence-electron chi connectivity index (χ3n) is 4.51. The maximum atomic E-state index is 12.2. The van der Waals surface area contributed by atoms with Gasteiger partial charge in [0, 0.05) is 0 Å². The van der Waals surface area contributed by atoms with Crippen LogP contribution in [-0.4, -0.2) is 12.1 Å². The predicted octanol–water partition coefficient (Wildman–Crippen LogP) is 5.47. The molecular formula is C19H30O2. The lowest BCUT2D eigenvalue weighted by atomic mass is 9.85. The molecule has 0 amide bonds. The van der Waals surface area contributed by atoms with Crippen molar-refractivity contribution in [1.82, 2.24) is 0 Å². The van der Waals surface area contributed by atoms with Gasteiger partial charge in [-0.2, -0.15) is 0 Å². The summed E-state index contributed by atoms with van der Waals surface area (Å²) < 4.78 is 5.79. The van der Waals surface area contributed by atoms with Gasteiger partial charge in [0.2, 0.25) is 0 Å². The van der Waals surface area contributed by atoms with Crippen LogP contribution in [0.1, 0.15) is 70.2 Å². The van der Waals surface area contributed by atoms with Crippen LogP contribution in [0.2, 0.25) is 0 Å². The first-order chi connectivity index (χ1) is 10.2. The van der Waals surface area contributed by atoms with Crippen molar-refractivity contribution in [2.24, 2.45) is 11.8 Å². The Morgan fingerprint density at radius 3 is 2.05 bits per heavy atom. The molecule has 2 unspecified atom stereocenters. The summed E-state index contributed by atoms with van der Waals surface area (Å²) >= 11 is 0. The topological polar surface area (TPSA) is 26.3 Å². The second kappa shape index (κ2) is 9.59. The summed E-state index contributed by atoms with van der Waals surface area (Å²) in [5.74, 6) is 1.01. The second-order valence-electron chi connectivity index (χ2n) is 5.80. The highest BCUT2D eigenvalue weighted by Crippen LogP contribution is 2.27. The summed E-state index contributed by atoms with van der Waals surface area (Å²) in [4.78, 5) is 12.2. The number of hydrogen-bond donors (Lipinski definition) is 0. The molecule has 0 fully saturated rings. The summed E-state index contributed by atoms with van der Waals surface area (Å²) in [7, 11) is 0. The van der Waals surface area contributed by atoms with Gasteiger partial charge >= 0.3 is 5.97 Å². The first-order valence-electron chi connectivity index (χ1n) is 8.42. The maximum Gasteiger partial charge on any atom is 0.338 e. The van der Waals surface area contributed by atoms with Gasteiger partial charge in [0.1, 0.15) is 6.10 Å². The van der Waals surface area contributed by atoms with Crippen molar-refractivity contribution in [3.63, 3.8) is 0 Å². The minimum absolute atomic E-state index is 0.0308. The maximum absolute atomic E-state index is 12.2. The van der Waals surface area contributed by atoms with Crippen molar-refractivity contribution < 1.29 is 9.53 Å². The molecule has 2 nitrogen and oxygen atoms in total. The van der Waals surface area contributed by atoms with Gasteiger partial charge in [-0.15, -0.1) is 0 Å². The fourth-order valence-corrected chi connectivity index (χ4v) is 2.92. The molecule has 0 N–H and O–H groups in total. The molecule has 0 aliphatic carbocycles. The van der Waals surface area contributed by atoms with E-state index < -0.39 is 0 Å². The lowest BCUT2D eigenvalue weighted by Gasteiger charge is -2.28. The Morgan fingerprint density at radius 2 is 1.57 bits per heavy atom. The molecule has 0 aliphatic rings. The Balaban J connectivity index is 2.69. The highest BCUT2D eigenvalue weighted by Gasteiger charge is 2.25. The largest absolute Gasteiger partial charge is 0.459 e. The molecule has 118 valence electrons. The Kier molecular flexibility index (Phi) is 8.11. The Bertz CT molecular complexity index is 395. The zero-order valence-corrected chi connectivity index (χ0v) is 14.0. The third-order valence-corrected chi connectivity index (χ3v) is 4.51. The molecule has 2 heteroatoms. The minimum Gasteiger partial charge on any atom is -0.459 e. The second-order valence-corrected chi connectivity index (χ2v) is 5.80. The van der Waals surface area contributed by atoms with Crippen LogP contribution in [0.5, 0.6) is 0 Å². The highest BCUT2D eigenvalue weighted by atomic mass is 16.5. The van der Waals surface area contributed by atoms with E-state index in [2.05, 4.69) is 27.7 Å². The average Bonchev–Trinajstić information content (AvgIpc) is 2.55. The van der Waals surface area contributed by atoms with Crippen molar-refractivity contribution in [2.45, 2.75) is 65.9 Å². The van der Waals surface area contributed by atoms with Crippen LogP contribution < -0.4 is 0 Å². The van der Waals surface area contributed by atoms with Crippen LogP contribution >= 0.6 is 0 Å². The predicted molar refractivity (Wildman–Crippen MR) is 88.4 cm³/mol. The van der Waals surface area contributed by atoms with Crippen molar-refractivity contribution in [3.8, 4) is 0 Å². The Morgan fingerprint density at radius 1 is 0.952 bits per heavy atom. The molecule has 0 heterocycles. The van der Waals surface area contributed by atoms with E-state index in [1.807, 2.05) is 30.3 Å². The van der Waals surface area contributed by atoms with E-state index in [0.29, 0.717) is 11.5 Å². The number of carbonyl (C=O) groups is 1. The minimum atomic E-state index is -0.189. The van der Waals surface area contributed by atoms with Gasteiger partial charge in [0.15, 0.2) is 0 Å². The third kappa shape index (κ3) is 5.53. The molecule has 0 spiro atoms. The molecule has 1 aromatic carbocycles. The van der Waals surface area contributed by atoms with Gasteiger partial charge < -0.3 is 4.74 Å². The standard InChI is InChI=1S/C19H30O2/c1-5-15(6-2)14-16(7-3)18(8-4)21-19(20)17-12-10-9-11-13-17/h9-13,15-16,18H,5-8,14H2,1-4H3. The van der Waals surface area contributed by atoms with Crippen molar-refractivity contribution >= 4 is 5.97 Å². The van der Waals surface area contributed by atoms with Crippen molar-refractivity contribution in [2.75, 3.05) is 0 Å². The van der Waals surface area contributed by atoms with Crippen LogP contribution in [0.15, 0.2) is 30.3 Å². The van der Waals surface area contributed by atoms with Gasteiger partial charge in [-0.3, -0.25) is 0 Å². The fourth-order valence-electron chi connectivity index (χ4n) is 2.92. The lowest BCUT2D eigenvalue weighted by molar-refractivity contribution is 0.00762. The molecule has 1 aromatic rings. The molecule has 0 saturated carbocycles. The molecule has 0 aromatic heterocycles. The van der Waals surface area contributed by atoms with Crippen molar-refractivity contribution in [3.05, 3.63) is 35.9 Å². The van der Waals surface area contributed by atoms with Gasteiger partial charge in [-0.25, -0.2) is 4.79 Å². The number of benzene rings is 1. The normalized spacial score (nSPS) is 14.0. The zero-order valence-electron chi connectivity index (χ0n) is 14.0. The smallest absolute Gasteiger partial charge is 0.338 e. The van der Waals surface area contributed by atoms with Crippen molar-refractivity contribution in [1.29, 1.82) is 0 Å². The summed E-state index contributed by atoms with van der Waals surface area (Å²) in [6.07, 6.45) is 5.55. The first-order valence-corrected chi connectivity index (χ1v) is 8.42. The quantitative estimate of drug-likeness (QED) is 0.563. The molecule has 0 saturated heterocycles. The monoisotopic (exact) mass is 290 g/mol. The Labute approximate surface area is 129 Å². The van der Waals surface area contributed by atoms with Crippen LogP contribution in [-0.2, 0) is 4.74 Å². The number of ether oxygens (including phenoxy) is 1. The molecule has 21 heavy (non-hydrogen) atoms. The van der Waals surface area contributed by atoms with E-state index in [9.17, 15) is 4.79 Å². The van der Waals surface area contributed by atoms with E-state index in [0.717, 1.165) is 25.2 Å². The van der Waals surface area contributed by atoms with Crippen LogP contribution in [0, 0.1) is 11.8 Å². The van der Waals surface area contributed by atoms with Gasteiger partial charge in [0.05, 0.1) is 5.56 Å². The van der Waals surface area contributed by atoms with Gasteiger partial charge in [0.25, 0.3) is 0 Å². The number of rotatable bonds is 9. The number of esters is 1. The summed E-state index contributed by atoms with van der Waals surface area (Å²) in [5.41, 5.74) is 0.647. The molecular weight excluding hydrogens is 260 g/mol. The lowest BCUT2D eigenvalue weighted by Crippen LogP contribution is -2.28. The summed E-state index contributed by atoms with van der Waals surface area (Å²) in [6.45, 7) is 8.81. The molecule has 0 bridgehead atoms. The average molecular weight is 290 g/mol. The molecule has 0 radical (unpaired) electrons. The van der Waals surface area contributed by atoms with E-state index in [4.69, 9.17) is 4.74 Å². The summed E-state index contributed by atoms with van der Waals surface area (Å²) in [5, 5.41) is 0.